The molecule has 3 rings (SSSR count). The van der Waals surface area contributed by atoms with Gasteiger partial charge in [0.2, 0.25) is 5.95 Å². The third-order valence-corrected chi connectivity index (χ3v) is 4.91. The second-order valence-electron chi connectivity index (χ2n) is 7.09. The van der Waals surface area contributed by atoms with E-state index in [1.54, 1.807) is 12.4 Å². The Balaban J connectivity index is 1.39. The van der Waals surface area contributed by atoms with Crippen LogP contribution in [-0.4, -0.2) is 66.6 Å². The summed E-state index contributed by atoms with van der Waals surface area (Å²) < 4.78 is 27.1. The predicted octanol–water partition coefficient (Wildman–Crippen LogP) is 2.02. The van der Waals surface area contributed by atoms with Crippen molar-refractivity contribution in [1.82, 2.24) is 25.5 Å². The molecule has 0 amide bonds. The van der Waals surface area contributed by atoms with E-state index in [0.717, 1.165) is 63.8 Å². The number of nitrogens with one attached hydrogen (secondary N) is 2. The molecular formula is C21H29F2N7. The van der Waals surface area contributed by atoms with E-state index < -0.39 is 11.6 Å². The van der Waals surface area contributed by atoms with Crippen LogP contribution in [0.15, 0.2) is 41.7 Å². The van der Waals surface area contributed by atoms with Crippen molar-refractivity contribution in [2.45, 2.75) is 19.9 Å². The fourth-order valence-corrected chi connectivity index (χ4v) is 3.31. The first kappa shape index (κ1) is 21.9. The number of anilines is 1. The van der Waals surface area contributed by atoms with Crippen molar-refractivity contribution in [3.63, 3.8) is 0 Å². The zero-order chi connectivity index (χ0) is 21.2. The van der Waals surface area contributed by atoms with Gasteiger partial charge in [0.05, 0.1) is 6.54 Å². The molecule has 1 aromatic heterocycles. The standard InChI is InChI=1S/C21H29F2N7/c1-2-24-20(28-16-17-15-18(22)5-6-19(17)23)25-9-4-10-29-11-13-30(14-12-29)21-26-7-3-8-27-21/h3,5-8,15H,2,4,9-14,16H2,1H3,(H2,24,25,28). The molecule has 2 aromatic rings. The Morgan fingerprint density at radius 1 is 1.10 bits per heavy atom. The molecule has 7 nitrogen and oxygen atoms in total. The van der Waals surface area contributed by atoms with Gasteiger partial charge in [-0.2, -0.15) is 0 Å². The number of aromatic nitrogens is 2. The van der Waals surface area contributed by atoms with Crippen LogP contribution in [0.5, 0.6) is 0 Å². The molecule has 0 spiro atoms. The normalized spacial score (nSPS) is 15.3. The first-order chi connectivity index (χ1) is 14.7. The Labute approximate surface area is 176 Å². The van der Waals surface area contributed by atoms with Crippen LogP contribution in [0.3, 0.4) is 0 Å². The molecule has 1 aromatic carbocycles. The van der Waals surface area contributed by atoms with Gasteiger partial charge in [-0.1, -0.05) is 0 Å². The van der Waals surface area contributed by atoms with Crippen LogP contribution in [0, 0.1) is 11.6 Å². The van der Waals surface area contributed by atoms with Crippen LogP contribution in [0.2, 0.25) is 0 Å². The van der Waals surface area contributed by atoms with Gasteiger partial charge in [-0.25, -0.2) is 23.7 Å². The molecule has 30 heavy (non-hydrogen) atoms. The van der Waals surface area contributed by atoms with E-state index in [4.69, 9.17) is 0 Å². The number of guanidine groups is 1. The lowest BCUT2D eigenvalue weighted by Crippen LogP contribution is -2.47. The van der Waals surface area contributed by atoms with E-state index in [2.05, 4.69) is 35.4 Å². The molecule has 1 saturated heterocycles. The van der Waals surface area contributed by atoms with Crippen molar-refractivity contribution in [3.8, 4) is 0 Å². The van der Waals surface area contributed by atoms with Gasteiger partial charge < -0.3 is 15.5 Å². The minimum Gasteiger partial charge on any atom is -0.357 e. The lowest BCUT2D eigenvalue weighted by Gasteiger charge is -2.34. The van der Waals surface area contributed by atoms with Crippen LogP contribution in [0.25, 0.3) is 0 Å². The van der Waals surface area contributed by atoms with Gasteiger partial charge in [0.25, 0.3) is 0 Å². The van der Waals surface area contributed by atoms with Crippen molar-refractivity contribution < 1.29 is 8.78 Å². The van der Waals surface area contributed by atoms with E-state index in [-0.39, 0.29) is 12.1 Å². The summed E-state index contributed by atoms with van der Waals surface area (Å²) in [5, 5.41) is 6.40. The van der Waals surface area contributed by atoms with Crippen LogP contribution < -0.4 is 15.5 Å². The highest BCUT2D eigenvalue weighted by Gasteiger charge is 2.18. The second kappa shape index (κ2) is 11.4. The summed E-state index contributed by atoms with van der Waals surface area (Å²) in [5.41, 5.74) is 0.243. The second-order valence-corrected chi connectivity index (χ2v) is 7.09. The van der Waals surface area contributed by atoms with Gasteiger partial charge >= 0.3 is 0 Å². The van der Waals surface area contributed by atoms with Gasteiger partial charge in [0.1, 0.15) is 11.6 Å². The summed E-state index contributed by atoms with van der Waals surface area (Å²) >= 11 is 0. The Kier molecular flexibility index (Phi) is 8.31. The molecule has 1 fully saturated rings. The third-order valence-electron chi connectivity index (χ3n) is 4.91. The number of hydrogen-bond donors (Lipinski definition) is 2. The minimum atomic E-state index is -0.460. The molecule has 0 aliphatic carbocycles. The zero-order valence-corrected chi connectivity index (χ0v) is 17.3. The van der Waals surface area contributed by atoms with Gasteiger partial charge in [-0.15, -0.1) is 0 Å². The van der Waals surface area contributed by atoms with E-state index in [1.165, 1.54) is 6.07 Å². The number of nitrogens with zero attached hydrogens (tertiary/aromatic N) is 5. The van der Waals surface area contributed by atoms with Crippen molar-refractivity contribution in [3.05, 3.63) is 53.9 Å². The fraction of sp³-hybridized carbons (Fsp3) is 0.476. The molecular weight excluding hydrogens is 388 g/mol. The van der Waals surface area contributed by atoms with Crippen molar-refractivity contribution >= 4 is 11.9 Å². The lowest BCUT2D eigenvalue weighted by molar-refractivity contribution is 0.254. The SMILES string of the molecule is CCNC(=NCc1cc(F)ccc1F)NCCCN1CCN(c2ncccn2)CC1. The van der Waals surface area contributed by atoms with Crippen LogP contribution >= 0.6 is 0 Å². The number of piperazine rings is 1. The van der Waals surface area contributed by atoms with E-state index in [9.17, 15) is 8.78 Å². The Morgan fingerprint density at radius 3 is 2.60 bits per heavy atom. The molecule has 1 aliphatic heterocycles. The Bertz CT molecular complexity index is 808. The number of aliphatic imine (C=N–C) groups is 1. The summed E-state index contributed by atoms with van der Waals surface area (Å²) in [6.07, 6.45) is 4.50. The van der Waals surface area contributed by atoms with Gasteiger partial charge in [-0.3, -0.25) is 4.90 Å². The largest absolute Gasteiger partial charge is 0.357 e. The smallest absolute Gasteiger partial charge is 0.225 e. The van der Waals surface area contributed by atoms with E-state index in [0.29, 0.717) is 12.5 Å². The average molecular weight is 418 g/mol. The highest BCUT2D eigenvalue weighted by Crippen LogP contribution is 2.11. The quantitative estimate of drug-likeness (QED) is 0.389. The monoisotopic (exact) mass is 417 g/mol. The summed E-state index contributed by atoms with van der Waals surface area (Å²) in [6.45, 7) is 8.27. The summed E-state index contributed by atoms with van der Waals surface area (Å²) in [5.74, 6) is 0.488. The minimum absolute atomic E-state index is 0.0858. The fourth-order valence-electron chi connectivity index (χ4n) is 3.31. The molecule has 9 heteroatoms. The first-order valence-corrected chi connectivity index (χ1v) is 10.4. The van der Waals surface area contributed by atoms with Crippen molar-refractivity contribution in [1.29, 1.82) is 0 Å². The van der Waals surface area contributed by atoms with Crippen molar-refractivity contribution in [2.75, 3.05) is 50.7 Å². The van der Waals surface area contributed by atoms with Crippen LogP contribution in [0.4, 0.5) is 14.7 Å². The third kappa shape index (κ3) is 6.62. The van der Waals surface area contributed by atoms with E-state index >= 15 is 0 Å². The summed E-state index contributed by atoms with van der Waals surface area (Å²) in [7, 11) is 0. The maximum absolute atomic E-state index is 13.8. The van der Waals surface area contributed by atoms with Crippen molar-refractivity contribution in [2.24, 2.45) is 4.99 Å². The molecule has 0 saturated carbocycles. The molecule has 2 N–H and O–H groups in total. The molecule has 0 bridgehead atoms. The predicted molar refractivity (Wildman–Crippen MR) is 114 cm³/mol. The van der Waals surface area contributed by atoms with Gasteiger partial charge in [0.15, 0.2) is 5.96 Å². The maximum Gasteiger partial charge on any atom is 0.225 e. The number of benzene rings is 1. The molecule has 1 aliphatic rings. The number of halogens is 2. The lowest BCUT2D eigenvalue weighted by atomic mass is 10.2. The zero-order valence-electron chi connectivity index (χ0n) is 17.3. The maximum atomic E-state index is 13.8. The summed E-state index contributed by atoms with van der Waals surface area (Å²) in [6, 6.07) is 5.25. The van der Waals surface area contributed by atoms with Crippen LogP contribution in [0.1, 0.15) is 18.9 Å². The highest BCUT2D eigenvalue weighted by molar-refractivity contribution is 5.79. The first-order valence-electron chi connectivity index (χ1n) is 10.4. The molecule has 0 atom stereocenters. The van der Waals surface area contributed by atoms with Gasteiger partial charge in [0, 0.05) is 57.2 Å². The molecule has 0 unspecified atom stereocenters. The summed E-state index contributed by atoms with van der Waals surface area (Å²) in [4.78, 5) is 17.6. The number of hydrogen-bond acceptors (Lipinski definition) is 5. The number of rotatable bonds is 8. The van der Waals surface area contributed by atoms with Gasteiger partial charge in [-0.05, 0) is 44.2 Å². The Morgan fingerprint density at radius 2 is 1.87 bits per heavy atom. The molecule has 162 valence electrons. The highest BCUT2D eigenvalue weighted by atomic mass is 19.1. The van der Waals surface area contributed by atoms with E-state index in [1.807, 2.05) is 13.0 Å². The van der Waals surface area contributed by atoms with Crippen LogP contribution in [-0.2, 0) is 6.54 Å². The molecule has 0 radical (unpaired) electrons. The average Bonchev–Trinajstić information content (AvgIpc) is 2.78. The topological polar surface area (TPSA) is 68.7 Å². The molecule has 2 heterocycles. The Hall–Kier alpha value is -2.81.